The Bertz CT molecular complexity index is 580. The van der Waals surface area contributed by atoms with Crippen molar-refractivity contribution in [3.05, 3.63) is 28.5 Å². The summed E-state index contributed by atoms with van der Waals surface area (Å²) in [5, 5.41) is 9.92. The summed E-state index contributed by atoms with van der Waals surface area (Å²) < 4.78 is 0. The van der Waals surface area contributed by atoms with Gasteiger partial charge in [0, 0.05) is 30.1 Å². The van der Waals surface area contributed by atoms with Gasteiger partial charge in [0.05, 0.1) is 6.04 Å². The van der Waals surface area contributed by atoms with Crippen LogP contribution in [0.15, 0.2) is 17.6 Å². The standard InChI is InChI=1S/C15H21N5S/c1-3-11(15-17-7-8-21-15)18-13-9-12(16-4-2)19-14(20-13)10-5-6-10/h7-11H,3-6H2,1-2H3,(H2,16,18,19,20). The lowest BCUT2D eigenvalue weighted by atomic mass is 10.2. The molecule has 6 heteroatoms. The molecule has 0 bridgehead atoms. The van der Waals surface area contributed by atoms with Gasteiger partial charge in [-0.15, -0.1) is 11.3 Å². The van der Waals surface area contributed by atoms with Crippen LogP contribution in [0.4, 0.5) is 11.6 Å². The molecule has 2 aromatic rings. The van der Waals surface area contributed by atoms with E-state index in [0.29, 0.717) is 5.92 Å². The predicted molar refractivity (Wildman–Crippen MR) is 86.9 cm³/mol. The van der Waals surface area contributed by atoms with Gasteiger partial charge >= 0.3 is 0 Å². The van der Waals surface area contributed by atoms with Gasteiger partial charge in [-0.3, -0.25) is 0 Å². The lowest BCUT2D eigenvalue weighted by molar-refractivity contribution is 0.734. The van der Waals surface area contributed by atoms with Gasteiger partial charge in [-0.25, -0.2) is 15.0 Å². The summed E-state index contributed by atoms with van der Waals surface area (Å²) in [5.74, 6) is 3.31. The zero-order valence-corrected chi connectivity index (χ0v) is 13.3. The van der Waals surface area contributed by atoms with Gasteiger partial charge in [0.2, 0.25) is 0 Å². The molecular formula is C15H21N5S. The summed E-state index contributed by atoms with van der Waals surface area (Å²) >= 11 is 1.68. The number of hydrogen-bond acceptors (Lipinski definition) is 6. The minimum Gasteiger partial charge on any atom is -0.370 e. The van der Waals surface area contributed by atoms with E-state index < -0.39 is 0 Å². The minimum absolute atomic E-state index is 0.210. The fourth-order valence-electron chi connectivity index (χ4n) is 2.26. The van der Waals surface area contributed by atoms with Crippen molar-refractivity contribution >= 4 is 23.0 Å². The number of anilines is 2. The number of rotatable bonds is 7. The molecule has 5 nitrogen and oxygen atoms in total. The fraction of sp³-hybridized carbons (Fsp3) is 0.533. The van der Waals surface area contributed by atoms with Crippen molar-refractivity contribution in [2.24, 2.45) is 0 Å². The predicted octanol–water partition coefficient (Wildman–Crippen LogP) is 3.81. The molecule has 1 aliphatic carbocycles. The van der Waals surface area contributed by atoms with E-state index in [9.17, 15) is 0 Å². The van der Waals surface area contributed by atoms with Crippen LogP contribution in [0.3, 0.4) is 0 Å². The van der Waals surface area contributed by atoms with E-state index >= 15 is 0 Å². The van der Waals surface area contributed by atoms with E-state index in [1.165, 1.54) is 12.8 Å². The highest BCUT2D eigenvalue weighted by Gasteiger charge is 2.27. The monoisotopic (exact) mass is 303 g/mol. The molecule has 1 atom stereocenters. The Morgan fingerprint density at radius 3 is 2.71 bits per heavy atom. The van der Waals surface area contributed by atoms with Gasteiger partial charge in [0.15, 0.2) is 0 Å². The average molecular weight is 303 g/mol. The van der Waals surface area contributed by atoms with Crippen LogP contribution < -0.4 is 10.6 Å². The van der Waals surface area contributed by atoms with Gasteiger partial charge < -0.3 is 10.6 Å². The topological polar surface area (TPSA) is 62.7 Å². The summed E-state index contributed by atoms with van der Waals surface area (Å²) in [7, 11) is 0. The maximum atomic E-state index is 4.69. The average Bonchev–Trinajstić information content (AvgIpc) is 3.21. The SMILES string of the molecule is CCNc1cc(NC(CC)c2nccs2)nc(C2CC2)n1. The number of hydrogen-bond donors (Lipinski definition) is 2. The molecule has 0 spiro atoms. The van der Waals surface area contributed by atoms with E-state index in [1.54, 1.807) is 11.3 Å². The molecule has 2 heterocycles. The normalized spacial score (nSPS) is 15.7. The van der Waals surface area contributed by atoms with Crippen LogP contribution in [0.2, 0.25) is 0 Å². The molecule has 2 N–H and O–H groups in total. The van der Waals surface area contributed by atoms with Crippen LogP contribution in [0, 0.1) is 0 Å². The molecule has 0 saturated heterocycles. The van der Waals surface area contributed by atoms with Crippen LogP contribution in [-0.2, 0) is 0 Å². The Kier molecular flexibility index (Phi) is 4.34. The summed E-state index contributed by atoms with van der Waals surface area (Å²) in [6, 6.07) is 2.20. The molecule has 1 unspecified atom stereocenters. The molecule has 1 aliphatic rings. The molecular weight excluding hydrogens is 282 g/mol. The van der Waals surface area contributed by atoms with Gasteiger partial charge in [-0.05, 0) is 26.2 Å². The highest BCUT2D eigenvalue weighted by atomic mass is 32.1. The largest absolute Gasteiger partial charge is 0.370 e. The lowest BCUT2D eigenvalue weighted by Gasteiger charge is -2.16. The van der Waals surface area contributed by atoms with E-state index in [-0.39, 0.29) is 6.04 Å². The molecule has 0 amide bonds. The van der Waals surface area contributed by atoms with Crippen molar-refractivity contribution < 1.29 is 0 Å². The van der Waals surface area contributed by atoms with E-state index in [0.717, 1.165) is 35.4 Å². The Morgan fingerprint density at radius 1 is 1.29 bits per heavy atom. The van der Waals surface area contributed by atoms with Crippen LogP contribution in [0.5, 0.6) is 0 Å². The number of nitrogens with zero attached hydrogens (tertiary/aromatic N) is 3. The molecule has 3 rings (SSSR count). The highest BCUT2D eigenvalue weighted by Crippen LogP contribution is 2.39. The minimum atomic E-state index is 0.210. The maximum absolute atomic E-state index is 4.69. The van der Waals surface area contributed by atoms with Crippen molar-refractivity contribution in [1.82, 2.24) is 15.0 Å². The number of thiazole rings is 1. The summed E-state index contributed by atoms with van der Waals surface area (Å²) in [4.78, 5) is 13.7. The second kappa shape index (κ2) is 6.39. The maximum Gasteiger partial charge on any atom is 0.136 e. The number of nitrogens with one attached hydrogen (secondary N) is 2. The van der Waals surface area contributed by atoms with E-state index in [4.69, 9.17) is 0 Å². The Hall–Kier alpha value is -1.69. The van der Waals surface area contributed by atoms with Crippen molar-refractivity contribution in [2.45, 2.75) is 45.1 Å². The Morgan fingerprint density at radius 2 is 2.10 bits per heavy atom. The van der Waals surface area contributed by atoms with Crippen LogP contribution in [0.25, 0.3) is 0 Å². The second-order valence-electron chi connectivity index (χ2n) is 5.28. The van der Waals surface area contributed by atoms with Crippen LogP contribution >= 0.6 is 11.3 Å². The smallest absolute Gasteiger partial charge is 0.136 e. The van der Waals surface area contributed by atoms with Crippen molar-refractivity contribution in [3.63, 3.8) is 0 Å². The summed E-state index contributed by atoms with van der Waals surface area (Å²) in [6.45, 7) is 5.11. The van der Waals surface area contributed by atoms with E-state index in [1.807, 2.05) is 17.6 Å². The van der Waals surface area contributed by atoms with Crippen molar-refractivity contribution in [1.29, 1.82) is 0 Å². The Balaban J connectivity index is 1.82. The fourth-order valence-corrected chi connectivity index (χ4v) is 3.03. The first kappa shape index (κ1) is 14.3. The van der Waals surface area contributed by atoms with Gasteiger partial charge in [-0.2, -0.15) is 0 Å². The van der Waals surface area contributed by atoms with Crippen LogP contribution in [0.1, 0.15) is 55.9 Å². The third-order valence-corrected chi connectivity index (χ3v) is 4.41. The lowest BCUT2D eigenvalue weighted by Crippen LogP contribution is -2.12. The van der Waals surface area contributed by atoms with Gasteiger partial charge in [0.25, 0.3) is 0 Å². The third kappa shape index (κ3) is 3.50. The Labute approximate surface area is 129 Å². The molecule has 21 heavy (non-hydrogen) atoms. The molecule has 0 radical (unpaired) electrons. The quantitative estimate of drug-likeness (QED) is 0.814. The first-order valence-corrected chi connectivity index (χ1v) is 8.46. The first-order valence-electron chi connectivity index (χ1n) is 7.59. The zero-order chi connectivity index (χ0) is 14.7. The van der Waals surface area contributed by atoms with E-state index in [2.05, 4.69) is 39.4 Å². The van der Waals surface area contributed by atoms with Gasteiger partial charge in [0.1, 0.15) is 22.5 Å². The molecule has 112 valence electrons. The first-order chi connectivity index (χ1) is 10.3. The highest BCUT2D eigenvalue weighted by molar-refractivity contribution is 7.09. The summed E-state index contributed by atoms with van der Waals surface area (Å²) in [5.41, 5.74) is 0. The van der Waals surface area contributed by atoms with Crippen molar-refractivity contribution in [2.75, 3.05) is 17.2 Å². The van der Waals surface area contributed by atoms with Crippen LogP contribution in [-0.4, -0.2) is 21.5 Å². The molecule has 0 aromatic carbocycles. The molecule has 2 aromatic heterocycles. The molecule has 1 fully saturated rings. The molecule has 1 saturated carbocycles. The third-order valence-electron chi connectivity index (χ3n) is 3.52. The molecule has 0 aliphatic heterocycles. The summed E-state index contributed by atoms with van der Waals surface area (Å²) in [6.07, 6.45) is 5.24. The zero-order valence-electron chi connectivity index (χ0n) is 12.5. The second-order valence-corrected chi connectivity index (χ2v) is 6.20. The van der Waals surface area contributed by atoms with Crippen molar-refractivity contribution in [3.8, 4) is 0 Å². The number of aromatic nitrogens is 3. The van der Waals surface area contributed by atoms with Gasteiger partial charge in [-0.1, -0.05) is 6.92 Å².